The van der Waals surface area contributed by atoms with Gasteiger partial charge in [0.05, 0.1) is 11.0 Å². The van der Waals surface area contributed by atoms with Crippen molar-refractivity contribution in [2.24, 2.45) is 10.4 Å². The molecule has 2 aromatic carbocycles. The van der Waals surface area contributed by atoms with Gasteiger partial charge in [0.15, 0.2) is 5.75 Å². The summed E-state index contributed by atoms with van der Waals surface area (Å²) in [5.74, 6) is 1.38. The number of aliphatic imine (C=N–C) groups is 1. The number of nitrogens with one attached hydrogen (secondary N) is 1. The van der Waals surface area contributed by atoms with Crippen LogP contribution in [0.4, 0.5) is 5.69 Å². The molecule has 0 saturated carbocycles. The fourth-order valence-corrected chi connectivity index (χ4v) is 4.61. The molecule has 4 rings (SSSR count). The first kappa shape index (κ1) is 20.7. The molecule has 0 radical (unpaired) electrons. The van der Waals surface area contributed by atoms with Gasteiger partial charge >= 0.3 is 5.97 Å². The molecule has 6 nitrogen and oxygen atoms in total. The fourth-order valence-electron chi connectivity index (χ4n) is 4.44. The van der Waals surface area contributed by atoms with Crippen molar-refractivity contribution in [3.8, 4) is 11.5 Å². The van der Waals surface area contributed by atoms with Crippen molar-refractivity contribution in [2.45, 2.75) is 32.7 Å². The number of ether oxygens (including phenoxy) is 1. The second kappa shape index (κ2) is 8.28. The van der Waals surface area contributed by atoms with Gasteiger partial charge in [-0.2, -0.15) is 0 Å². The molecular weight excluding hydrogens is 402 g/mol. The molecule has 2 heterocycles. The number of nitrogens with zero attached hydrogens (tertiary/aromatic N) is 2. The highest BCUT2D eigenvalue weighted by Crippen LogP contribution is 2.40. The van der Waals surface area contributed by atoms with Gasteiger partial charge in [-0.15, -0.1) is 0 Å². The molecule has 30 heavy (non-hydrogen) atoms. The van der Waals surface area contributed by atoms with E-state index in [9.17, 15) is 9.90 Å². The number of hydrogen-bond donors (Lipinski definition) is 2. The van der Waals surface area contributed by atoms with Crippen molar-refractivity contribution in [1.29, 1.82) is 0 Å². The molecule has 1 fully saturated rings. The third-order valence-electron chi connectivity index (χ3n) is 6.32. The van der Waals surface area contributed by atoms with Crippen molar-refractivity contribution >= 4 is 29.1 Å². The molecule has 0 aromatic heterocycles. The molecule has 0 bridgehead atoms. The Morgan fingerprint density at radius 1 is 1.27 bits per heavy atom. The van der Waals surface area contributed by atoms with Crippen LogP contribution in [0.5, 0.6) is 11.5 Å². The number of aliphatic carboxylic acids is 1. The zero-order chi connectivity index (χ0) is 21.3. The minimum Gasteiger partial charge on any atom is -0.481 e. The topological polar surface area (TPSA) is 74.2 Å². The lowest BCUT2D eigenvalue weighted by Crippen LogP contribution is -2.61. The van der Waals surface area contributed by atoms with Gasteiger partial charge in [-0.1, -0.05) is 37.6 Å². The Kier molecular flexibility index (Phi) is 5.71. The average molecular weight is 428 g/mol. The first-order chi connectivity index (χ1) is 14.5. The third-order valence-corrected chi connectivity index (χ3v) is 6.56. The minimum absolute atomic E-state index is 0.191. The Hall–Kier alpha value is -2.57. The van der Waals surface area contributed by atoms with Crippen molar-refractivity contribution in [3.05, 3.63) is 53.1 Å². The molecule has 0 aliphatic carbocycles. The van der Waals surface area contributed by atoms with E-state index in [1.54, 1.807) is 6.07 Å². The summed E-state index contributed by atoms with van der Waals surface area (Å²) >= 11 is 6.31. The first-order valence-electron chi connectivity index (χ1n) is 10.4. The Morgan fingerprint density at radius 2 is 2.03 bits per heavy atom. The average Bonchev–Trinajstić information content (AvgIpc) is 2.91. The number of amidine groups is 1. The summed E-state index contributed by atoms with van der Waals surface area (Å²) in [5, 5.41) is 14.1. The van der Waals surface area contributed by atoms with Crippen LogP contribution in [0.15, 0.2) is 47.5 Å². The van der Waals surface area contributed by atoms with E-state index in [1.165, 1.54) is 0 Å². The van der Waals surface area contributed by atoms with E-state index >= 15 is 0 Å². The van der Waals surface area contributed by atoms with Gasteiger partial charge in [0.25, 0.3) is 0 Å². The number of carboxylic acid groups (broad SMARTS) is 1. The molecule has 158 valence electrons. The third kappa shape index (κ3) is 3.55. The summed E-state index contributed by atoms with van der Waals surface area (Å²) in [6, 6.07) is 13.0. The zero-order valence-corrected chi connectivity index (χ0v) is 17.9. The summed E-state index contributed by atoms with van der Waals surface area (Å²) in [6.45, 7) is 5.83. The van der Waals surface area contributed by atoms with Crippen molar-refractivity contribution in [3.63, 3.8) is 0 Å². The predicted octanol–water partition coefficient (Wildman–Crippen LogP) is 4.69. The lowest BCUT2D eigenvalue weighted by molar-refractivity contribution is -0.152. The standard InChI is InChI=1S/C23H26ClN3O3/c1-3-23(4-2,22(28)29)20-14-27(12-11-25-20)21-16-13-15(24)9-10-18(16)30-19-8-6-5-7-17(19)26-21/h5-10,13,20,25H,3-4,11-12,14H2,1-2H3,(H,28,29)/t20-/m0/s1. The van der Waals surface area contributed by atoms with Gasteiger partial charge in [0, 0.05) is 30.7 Å². The second-order valence-corrected chi connectivity index (χ2v) is 8.20. The van der Waals surface area contributed by atoms with Crippen LogP contribution in [0, 0.1) is 5.41 Å². The summed E-state index contributed by atoms with van der Waals surface area (Å²) in [6.07, 6.45) is 1.12. The minimum atomic E-state index is -0.824. The Bertz CT molecular complexity index is 987. The van der Waals surface area contributed by atoms with Gasteiger partial charge in [-0.3, -0.25) is 4.79 Å². The van der Waals surface area contributed by atoms with Crippen LogP contribution in [-0.4, -0.2) is 47.5 Å². The SMILES string of the molecule is CCC(CC)(C(=O)O)[C@@H]1CN(C2=Nc3ccccc3Oc3ccc(Cl)cc32)CCN1. The van der Waals surface area contributed by atoms with E-state index in [0.29, 0.717) is 49.0 Å². The molecule has 2 aromatic rings. The number of para-hydroxylation sites is 2. The van der Waals surface area contributed by atoms with Crippen LogP contribution in [0.1, 0.15) is 32.3 Å². The highest BCUT2D eigenvalue weighted by molar-refractivity contribution is 6.31. The van der Waals surface area contributed by atoms with Crippen LogP contribution < -0.4 is 10.1 Å². The smallest absolute Gasteiger partial charge is 0.311 e. The summed E-state index contributed by atoms with van der Waals surface area (Å²) in [7, 11) is 0. The normalized spacial score (nSPS) is 18.6. The number of piperazine rings is 1. The van der Waals surface area contributed by atoms with Crippen molar-refractivity contribution in [1.82, 2.24) is 10.2 Å². The molecule has 2 aliphatic heterocycles. The molecule has 2 N–H and O–H groups in total. The lowest BCUT2D eigenvalue weighted by atomic mass is 9.74. The van der Waals surface area contributed by atoms with Crippen LogP contribution in [0.25, 0.3) is 0 Å². The predicted molar refractivity (Wildman–Crippen MR) is 118 cm³/mol. The highest BCUT2D eigenvalue weighted by Gasteiger charge is 2.45. The van der Waals surface area contributed by atoms with E-state index in [1.807, 2.05) is 50.2 Å². The van der Waals surface area contributed by atoms with Gasteiger partial charge in [0.2, 0.25) is 0 Å². The highest BCUT2D eigenvalue weighted by atomic mass is 35.5. The van der Waals surface area contributed by atoms with Gasteiger partial charge in [0.1, 0.15) is 17.3 Å². The maximum Gasteiger partial charge on any atom is 0.311 e. The van der Waals surface area contributed by atoms with Crippen molar-refractivity contribution in [2.75, 3.05) is 19.6 Å². The molecule has 2 aliphatic rings. The van der Waals surface area contributed by atoms with Crippen molar-refractivity contribution < 1.29 is 14.6 Å². The van der Waals surface area contributed by atoms with Crippen LogP contribution in [0.2, 0.25) is 5.02 Å². The Morgan fingerprint density at radius 3 is 2.77 bits per heavy atom. The van der Waals surface area contributed by atoms with E-state index in [-0.39, 0.29) is 6.04 Å². The molecule has 0 spiro atoms. The van der Waals surface area contributed by atoms with Gasteiger partial charge in [-0.25, -0.2) is 4.99 Å². The quantitative estimate of drug-likeness (QED) is 0.740. The van der Waals surface area contributed by atoms with E-state index < -0.39 is 11.4 Å². The van der Waals surface area contributed by atoms with Crippen LogP contribution >= 0.6 is 11.6 Å². The molecule has 1 saturated heterocycles. The maximum absolute atomic E-state index is 12.2. The Labute approximate surface area is 181 Å². The monoisotopic (exact) mass is 427 g/mol. The maximum atomic E-state index is 12.2. The summed E-state index contributed by atoms with van der Waals surface area (Å²) in [4.78, 5) is 19.3. The number of hydrogen-bond acceptors (Lipinski definition) is 5. The number of carbonyl (C=O) groups is 1. The van der Waals surface area contributed by atoms with Crippen LogP contribution in [-0.2, 0) is 4.79 Å². The van der Waals surface area contributed by atoms with Crippen LogP contribution in [0.3, 0.4) is 0 Å². The van der Waals surface area contributed by atoms with E-state index in [0.717, 1.165) is 17.1 Å². The second-order valence-electron chi connectivity index (χ2n) is 7.77. The number of halogens is 1. The Balaban J connectivity index is 1.77. The number of rotatable bonds is 4. The zero-order valence-electron chi connectivity index (χ0n) is 17.2. The molecule has 1 atom stereocenters. The number of benzene rings is 2. The largest absolute Gasteiger partial charge is 0.481 e. The van der Waals surface area contributed by atoms with Gasteiger partial charge in [-0.05, 0) is 43.2 Å². The summed E-state index contributed by atoms with van der Waals surface area (Å²) < 4.78 is 6.14. The van der Waals surface area contributed by atoms with E-state index in [4.69, 9.17) is 21.3 Å². The summed E-state index contributed by atoms with van der Waals surface area (Å²) in [5.41, 5.74) is 0.730. The molecule has 7 heteroatoms. The first-order valence-corrected chi connectivity index (χ1v) is 10.7. The lowest BCUT2D eigenvalue weighted by Gasteiger charge is -2.43. The molecule has 0 unspecified atom stereocenters. The molecular formula is C23H26ClN3O3. The number of carboxylic acids is 1. The van der Waals surface area contributed by atoms with E-state index in [2.05, 4.69) is 10.2 Å². The van der Waals surface area contributed by atoms with Gasteiger partial charge < -0.3 is 20.1 Å². The molecule has 0 amide bonds. The number of fused-ring (bicyclic) bond motifs is 2. The fraction of sp³-hybridized carbons (Fsp3) is 0.391.